The molecule has 1 spiro atoms. The van der Waals surface area contributed by atoms with E-state index in [0.29, 0.717) is 5.41 Å². The van der Waals surface area contributed by atoms with Gasteiger partial charge in [-0.15, -0.1) is 0 Å². The van der Waals surface area contributed by atoms with Gasteiger partial charge >= 0.3 is 0 Å². The van der Waals surface area contributed by atoms with E-state index >= 15 is 0 Å². The maximum atomic E-state index is 3.40. The van der Waals surface area contributed by atoms with Crippen LogP contribution in [0.5, 0.6) is 0 Å². The lowest BCUT2D eigenvalue weighted by Crippen LogP contribution is -2.58. The number of nitrogens with zero attached hydrogens (tertiary/aromatic N) is 1. The van der Waals surface area contributed by atoms with E-state index in [2.05, 4.69) is 24.1 Å². The van der Waals surface area contributed by atoms with Gasteiger partial charge in [-0.3, -0.25) is 0 Å². The summed E-state index contributed by atoms with van der Waals surface area (Å²) >= 11 is 0. The van der Waals surface area contributed by atoms with Crippen molar-refractivity contribution < 1.29 is 0 Å². The Bertz CT molecular complexity index is 151. The summed E-state index contributed by atoms with van der Waals surface area (Å²) in [4.78, 5) is 2.60. The summed E-state index contributed by atoms with van der Waals surface area (Å²) < 4.78 is 0. The highest BCUT2D eigenvalue weighted by molar-refractivity contribution is 4.96. The van der Waals surface area contributed by atoms with Gasteiger partial charge in [0.2, 0.25) is 0 Å². The van der Waals surface area contributed by atoms with E-state index in [1.54, 1.807) is 0 Å². The molecule has 0 aromatic heterocycles. The predicted molar refractivity (Wildman–Crippen MR) is 58.0 cm³/mol. The van der Waals surface area contributed by atoms with Crippen LogP contribution in [0, 0.1) is 5.41 Å². The zero-order chi connectivity index (χ0) is 8.60. The van der Waals surface area contributed by atoms with Crippen molar-refractivity contribution in [2.45, 2.75) is 40.2 Å². The van der Waals surface area contributed by atoms with E-state index in [9.17, 15) is 0 Å². The third kappa shape index (κ3) is 2.05. The minimum absolute atomic E-state index is 0. The molecule has 2 heterocycles. The highest BCUT2D eigenvalue weighted by Gasteiger charge is 2.39. The van der Waals surface area contributed by atoms with Crippen LogP contribution in [0.25, 0.3) is 0 Å². The Kier molecular flexibility index (Phi) is 3.36. The van der Waals surface area contributed by atoms with Crippen LogP contribution < -0.4 is 5.32 Å². The number of likely N-dealkylation sites (tertiary alicyclic amines) is 1. The maximum absolute atomic E-state index is 3.40. The molecule has 2 heteroatoms. The van der Waals surface area contributed by atoms with Gasteiger partial charge < -0.3 is 10.2 Å². The molecule has 2 rings (SSSR count). The van der Waals surface area contributed by atoms with Crippen molar-refractivity contribution in [3.05, 3.63) is 0 Å². The first-order chi connectivity index (χ1) is 5.72. The fourth-order valence-corrected chi connectivity index (χ4v) is 2.35. The lowest BCUT2D eigenvalue weighted by Gasteiger charge is -2.49. The van der Waals surface area contributed by atoms with Crippen molar-refractivity contribution in [3.8, 4) is 0 Å². The van der Waals surface area contributed by atoms with Crippen LogP contribution in [-0.2, 0) is 0 Å². The van der Waals surface area contributed by atoms with E-state index in [1.807, 2.05) is 0 Å². The van der Waals surface area contributed by atoms with Crippen LogP contribution >= 0.6 is 0 Å². The van der Waals surface area contributed by atoms with Gasteiger partial charge in [0, 0.05) is 19.1 Å². The van der Waals surface area contributed by atoms with Crippen molar-refractivity contribution in [1.29, 1.82) is 0 Å². The molecule has 0 atom stereocenters. The van der Waals surface area contributed by atoms with Crippen molar-refractivity contribution >= 4 is 0 Å². The Morgan fingerprint density at radius 2 is 1.69 bits per heavy atom. The monoisotopic (exact) mass is 184 g/mol. The van der Waals surface area contributed by atoms with Crippen LogP contribution in [0.4, 0.5) is 0 Å². The molecule has 0 aromatic rings. The summed E-state index contributed by atoms with van der Waals surface area (Å²) in [7, 11) is 0. The smallest absolute Gasteiger partial charge is 0.00385 e. The van der Waals surface area contributed by atoms with E-state index in [1.165, 1.54) is 39.0 Å². The molecule has 0 aromatic carbocycles. The lowest BCUT2D eigenvalue weighted by atomic mass is 9.73. The van der Waals surface area contributed by atoms with Gasteiger partial charge in [0.05, 0.1) is 0 Å². The number of rotatable bonds is 1. The summed E-state index contributed by atoms with van der Waals surface area (Å²) in [6.07, 6.45) is 2.83. The largest absolute Gasteiger partial charge is 0.316 e. The average molecular weight is 184 g/mol. The number of hydrogen-bond donors (Lipinski definition) is 1. The molecule has 0 saturated carbocycles. The van der Waals surface area contributed by atoms with E-state index < -0.39 is 0 Å². The highest BCUT2D eigenvalue weighted by Crippen LogP contribution is 2.35. The van der Waals surface area contributed by atoms with Gasteiger partial charge in [0.1, 0.15) is 0 Å². The zero-order valence-electron chi connectivity index (χ0n) is 8.27. The molecule has 0 unspecified atom stereocenters. The van der Waals surface area contributed by atoms with E-state index in [-0.39, 0.29) is 7.43 Å². The molecule has 0 bridgehead atoms. The maximum Gasteiger partial charge on any atom is 0.00385 e. The van der Waals surface area contributed by atoms with Crippen LogP contribution in [-0.4, -0.2) is 37.1 Å². The van der Waals surface area contributed by atoms with Gasteiger partial charge in [0.25, 0.3) is 0 Å². The second-order valence-corrected chi connectivity index (χ2v) is 4.73. The van der Waals surface area contributed by atoms with Crippen molar-refractivity contribution in [1.82, 2.24) is 10.2 Å². The molecule has 1 N–H and O–H groups in total. The Labute approximate surface area is 82.7 Å². The molecule has 0 amide bonds. The molecule has 0 aliphatic carbocycles. The second-order valence-electron chi connectivity index (χ2n) is 4.73. The average Bonchev–Trinajstić information content (AvgIpc) is 2.02. The van der Waals surface area contributed by atoms with Crippen molar-refractivity contribution in [3.63, 3.8) is 0 Å². The molecule has 2 saturated heterocycles. The fourth-order valence-electron chi connectivity index (χ4n) is 2.35. The first-order valence-corrected chi connectivity index (χ1v) is 5.17. The summed E-state index contributed by atoms with van der Waals surface area (Å²) in [5.74, 6) is 0. The molecule has 2 fully saturated rings. The number of piperidine rings is 1. The predicted octanol–water partition coefficient (Wildman–Crippen LogP) is 1.72. The molecule has 0 radical (unpaired) electrons. The van der Waals surface area contributed by atoms with Crippen LogP contribution in [0.1, 0.15) is 34.1 Å². The Balaban J connectivity index is 0.000000845. The highest BCUT2D eigenvalue weighted by atomic mass is 15.2. The standard InChI is InChI=1S/C10H20N2.CH4/c1-9(2)12-5-3-10(4-6-12)7-11-8-10;/h9,11H,3-8H2,1-2H3;1H4. The summed E-state index contributed by atoms with van der Waals surface area (Å²) in [5, 5.41) is 3.40. The van der Waals surface area contributed by atoms with Crippen LogP contribution in [0.3, 0.4) is 0 Å². The summed E-state index contributed by atoms with van der Waals surface area (Å²) in [6, 6.07) is 0.746. The topological polar surface area (TPSA) is 15.3 Å². The molecule has 2 nitrogen and oxygen atoms in total. The second kappa shape index (κ2) is 3.97. The molecular weight excluding hydrogens is 160 g/mol. The van der Waals surface area contributed by atoms with Gasteiger partial charge in [-0.2, -0.15) is 0 Å². The van der Waals surface area contributed by atoms with Crippen molar-refractivity contribution in [2.24, 2.45) is 5.41 Å². The summed E-state index contributed by atoms with van der Waals surface area (Å²) in [6.45, 7) is 9.80. The van der Waals surface area contributed by atoms with Gasteiger partial charge in [-0.25, -0.2) is 0 Å². The number of hydrogen-bond acceptors (Lipinski definition) is 2. The third-order valence-corrected chi connectivity index (χ3v) is 3.59. The summed E-state index contributed by atoms with van der Waals surface area (Å²) in [5.41, 5.74) is 0.714. The molecule has 2 aliphatic rings. The van der Waals surface area contributed by atoms with Gasteiger partial charge in [-0.05, 0) is 45.2 Å². The zero-order valence-corrected chi connectivity index (χ0v) is 8.27. The quantitative estimate of drug-likeness (QED) is 0.667. The van der Waals surface area contributed by atoms with E-state index in [4.69, 9.17) is 0 Å². The Morgan fingerprint density at radius 3 is 2.00 bits per heavy atom. The fraction of sp³-hybridized carbons (Fsp3) is 1.00. The van der Waals surface area contributed by atoms with Gasteiger partial charge in [0.15, 0.2) is 0 Å². The third-order valence-electron chi connectivity index (χ3n) is 3.59. The first kappa shape index (κ1) is 11.0. The van der Waals surface area contributed by atoms with Crippen LogP contribution in [0.2, 0.25) is 0 Å². The minimum Gasteiger partial charge on any atom is -0.316 e. The molecule has 2 aliphatic heterocycles. The molecule has 13 heavy (non-hydrogen) atoms. The minimum atomic E-state index is 0. The lowest BCUT2D eigenvalue weighted by molar-refractivity contribution is 0.0418. The SMILES string of the molecule is C.CC(C)N1CCC2(CC1)CNC2. The van der Waals surface area contributed by atoms with Gasteiger partial charge in [-0.1, -0.05) is 7.43 Å². The normalized spacial score (nSPS) is 27.0. The Morgan fingerprint density at radius 1 is 1.15 bits per heavy atom. The number of nitrogens with one attached hydrogen (secondary N) is 1. The first-order valence-electron chi connectivity index (χ1n) is 5.17. The van der Waals surface area contributed by atoms with Crippen molar-refractivity contribution in [2.75, 3.05) is 26.2 Å². The van der Waals surface area contributed by atoms with Crippen LogP contribution in [0.15, 0.2) is 0 Å². The molecule has 78 valence electrons. The van der Waals surface area contributed by atoms with E-state index in [0.717, 1.165) is 6.04 Å². The Hall–Kier alpha value is -0.0800. The molecular formula is C11H24N2.